The number of piperazine rings is 1. The van der Waals surface area contributed by atoms with Crippen molar-refractivity contribution in [1.29, 1.82) is 0 Å². The number of fused-ring (bicyclic) bond motifs is 2. The molecule has 5 rings (SSSR count). The van der Waals surface area contributed by atoms with Crippen LogP contribution in [0.25, 0.3) is 0 Å². The summed E-state index contributed by atoms with van der Waals surface area (Å²) in [6.45, 7) is 5.28. The number of methoxy groups -OCH3 is 1. The average Bonchev–Trinajstić information content (AvgIpc) is 3.03. The van der Waals surface area contributed by atoms with Crippen LogP contribution in [0.1, 0.15) is 34.0 Å². The molecule has 0 radical (unpaired) electrons. The third kappa shape index (κ3) is 4.85. The van der Waals surface area contributed by atoms with Crippen LogP contribution in [0.15, 0.2) is 65.7 Å². The maximum Gasteiger partial charge on any atom is 0.416 e. The number of halogens is 3. The summed E-state index contributed by atoms with van der Waals surface area (Å²) in [5.74, 6) is 2.40. The molecule has 2 aliphatic heterocycles. The van der Waals surface area contributed by atoms with Crippen LogP contribution in [-0.2, 0) is 6.18 Å². The van der Waals surface area contributed by atoms with E-state index in [9.17, 15) is 18.0 Å². The summed E-state index contributed by atoms with van der Waals surface area (Å²) >= 11 is 0. The van der Waals surface area contributed by atoms with Crippen molar-refractivity contribution >= 4 is 17.4 Å². The SMILES string of the molecule is COc1ccc2c(c1)C(N1CCN(C(=O)c3ccc(C(F)(F)F)cc3)C(C)C1)=Nc1ccc(C)cc1O2. The van der Waals surface area contributed by atoms with Crippen LogP contribution in [-0.4, -0.2) is 54.3 Å². The van der Waals surface area contributed by atoms with Gasteiger partial charge in [0, 0.05) is 31.2 Å². The molecule has 9 heteroatoms. The minimum Gasteiger partial charge on any atom is -0.497 e. The first-order valence-electron chi connectivity index (χ1n) is 11.9. The summed E-state index contributed by atoms with van der Waals surface area (Å²) < 4.78 is 50.5. The van der Waals surface area contributed by atoms with Crippen LogP contribution in [0.4, 0.5) is 18.9 Å². The van der Waals surface area contributed by atoms with Gasteiger partial charge in [-0.15, -0.1) is 0 Å². The number of hydrogen-bond donors (Lipinski definition) is 0. The van der Waals surface area contributed by atoms with Gasteiger partial charge in [0.15, 0.2) is 5.75 Å². The van der Waals surface area contributed by atoms with Crippen molar-refractivity contribution in [2.75, 3.05) is 26.7 Å². The van der Waals surface area contributed by atoms with Gasteiger partial charge in [0.05, 0.1) is 18.2 Å². The lowest BCUT2D eigenvalue weighted by Gasteiger charge is -2.41. The molecule has 3 aromatic rings. The predicted octanol–water partition coefficient (Wildman–Crippen LogP) is 6.05. The van der Waals surface area contributed by atoms with Gasteiger partial charge in [-0.1, -0.05) is 6.07 Å². The molecule has 2 heterocycles. The molecular weight excluding hydrogens is 483 g/mol. The molecular formula is C28H26F3N3O3. The van der Waals surface area contributed by atoms with E-state index >= 15 is 0 Å². The second-order valence-electron chi connectivity index (χ2n) is 9.24. The summed E-state index contributed by atoms with van der Waals surface area (Å²) in [6, 6.07) is 15.6. The molecule has 0 spiro atoms. The van der Waals surface area contributed by atoms with Gasteiger partial charge >= 0.3 is 6.18 Å². The highest BCUT2D eigenvalue weighted by atomic mass is 19.4. The quantitative estimate of drug-likeness (QED) is 0.422. The van der Waals surface area contributed by atoms with E-state index in [2.05, 4.69) is 4.90 Å². The highest BCUT2D eigenvalue weighted by molar-refractivity contribution is 6.04. The molecule has 3 aromatic carbocycles. The molecule has 1 saturated heterocycles. The summed E-state index contributed by atoms with van der Waals surface area (Å²) in [5, 5.41) is 0. The molecule has 1 fully saturated rings. The topological polar surface area (TPSA) is 54.4 Å². The van der Waals surface area contributed by atoms with Crippen molar-refractivity contribution in [3.8, 4) is 17.2 Å². The number of carbonyl (C=O) groups is 1. The number of benzene rings is 3. The molecule has 1 amide bonds. The third-order valence-electron chi connectivity index (χ3n) is 6.64. The number of ether oxygens (including phenoxy) is 2. The zero-order valence-corrected chi connectivity index (χ0v) is 20.7. The maximum atomic E-state index is 13.1. The number of amides is 1. The van der Waals surface area contributed by atoms with Gasteiger partial charge in [0.2, 0.25) is 0 Å². The molecule has 0 N–H and O–H groups in total. The van der Waals surface area contributed by atoms with Crippen LogP contribution < -0.4 is 9.47 Å². The Labute approximate surface area is 212 Å². The van der Waals surface area contributed by atoms with Gasteiger partial charge < -0.3 is 19.3 Å². The van der Waals surface area contributed by atoms with Crippen molar-refractivity contribution in [3.05, 3.63) is 82.9 Å². The van der Waals surface area contributed by atoms with Gasteiger partial charge in [-0.3, -0.25) is 4.79 Å². The number of aliphatic imine (C=N–C) groups is 1. The molecule has 6 nitrogen and oxygen atoms in total. The summed E-state index contributed by atoms with van der Waals surface area (Å²) in [7, 11) is 1.60. The first-order valence-corrected chi connectivity index (χ1v) is 11.9. The van der Waals surface area contributed by atoms with Crippen LogP contribution in [0.2, 0.25) is 0 Å². The minimum atomic E-state index is -4.44. The van der Waals surface area contributed by atoms with Crippen molar-refractivity contribution in [2.45, 2.75) is 26.1 Å². The standard InChI is InChI=1S/C28H26F3N3O3/c1-17-4-10-23-25(14-17)37-24-11-9-21(36-3)15-22(24)26(32-23)33-12-13-34(18(2)16-33)27(35)19-5-7-20(8-6-19)28(29,30)31/h4-11,14-15,18H,12-13,16H2,1-3H3. The lowest BCUT2D eigenvalue weighted by molar-refractivity contribution is -0.137. The Morgan fingerprint density at radius 3 is 2.46 bits per heavy atom. The fourth-order valence-electron chi connectivity index (χ4n) is 4.65. The Hall–Kier alpha value is -4.01. The van der Waals surface area contributed by atoms with Gasteiger partial charge in [-0.25, -0.2) is 4.99 Å². The predicted molar refractivity (Wildman–Crippen MR) is 134 cm³/mol. The van der Waals surface area contributed by atoms with Crippen molar-refractivity contribution < 1.29 is 27.4 Å². The van der Waals surface area contributed by atoms with Crippen LogP contribution in [0, 0.1) is 6.92 Å². The maximum absolute atomic E-state index is 13.1. The van der Waals surface area contributed by atoms with E-state index in [-0.39, 0.29) is 17.5 Å². The number of amidine groups is 1. The van der Waals surface area contributed by atoms with E-state index in [4.69, 9.17) is 14.5 Å². The normalized spacial score (nSPS) is 17.2. The summed E-state index contributed by atoms with van der Waals surface area (Å²) in [6.07, 6.45) is -4.44. The molecule has 0 aromatic heterocycles. The molecule has 0 aliphatic carbocycles. The van der Waals surface area contributed by atoms with E-state index in [0.717, 1.165) is 23.3 Å². The number of alkyl halides is 3. The monoisotopic (exact) mass is 509 g/mol. The number of rotatable bonds is 2. The second-order valence-corrected chi connectivity index (χ2v) is 9.24. The van der Waals surface area contributed by atoms with Crippen LogP contribution >= 0.6 is 0 Å². The van der Waals surface area contributed by atoms with E-state index in [1.807, 2.05) is 50.2 Å². The highest BCUT2D eigenvalue weighted by Crippen LogP contribution is 2.40. The molecule has 2 aliphatic rings. The summed E-state index contributed by atoms with van der Waals surface area (Å²) in [5.41, 5.74) is 1.99. The van der Waals surface area contributed by atoms with E-state index in [1.54, 1.807) is 12.0 Å². The smallest absolute Gasteiger partial charge is 0.416 e. The van der Waals surface area contributed by atoms with Gasteiger partial charge in [0.1, 0.15) is 23.0 Å². The van der Waals surface area contributed by atoms with E-state index in [1.165, 1.54) is 12.1 Å². The number of hydrogen-bond acceptors (Lipinski definition) is 5. The van der Waals surface area contributed by atoms with Crippen molar-refractivity contribution in [2.24, 2.45) is 4.99 Å². The first-order chi connectivity index (χ1) is 17.6. The molecule has 0 bridgehead atoms. The Morgan fingerprint density at radius 2 is 1.78 bits per heavy atom. The molecule has 1 atom stereocenters. The zero-order chi connectivity index (χ0) is 26.3. The largest absolute Gasteiger partial charge is 0.497 e. The zero-order valence-electron chi connectivity index (χ0n) is 20.7. The Bertz CT molecular complexity index is 1370. The van der Waals surface area contributed by atoms with Crippen LogP contribution in [0.3, 0.4) is 0 Å². The lowest BCUT2D eigenvalue weighted by Crippen LogP contribution is -2.55. The van der Waals surface area contributed by atoms with E-state index in [0.29, 0.717) is 48.4 Å². The van der Waals surface area contributed by atoms with Crippen molar-refractivity contribution in [1.82, 2.24) is 9.80 Å². The fraction of sp³-hybridized carbons (Fsp3) is 0.286. The number of nitrogens with zero attached hydrogens (tertiary/aromatic N) is 3. The van der Waals surface area contributed by atoms with Crippen molar-refractivity contribution in [3.63, 3.8) is 0 Å². The lowest BCUT2D eigenvalue weighted by atomic mass is 10.1. The number of aryl methyl sites for hydroxylation is 1. The minimum absolute atomic E-state index is 0.207. The fourth-order valence-corrected chi connectivity index (χ4v) is 4.65. The average molecular weight is 510 g/mol. The van der Waals surface area contributed by atoms with E-state index < -0.39 is 11.7 Å². The first kappa shape index (κ1) is 24.7. The highest BCUT2D eigenvalue weighted by Gasteiger charge is 2.33. The molecule has 0 saturated carbocycles. The Morgan fingerprint density at radius 1 is 1.03 bits per heavy atom. The number of carbonyl (C=O) groups excluding carboxylic acids is 1. The molecule has 1 unspecified atom stereocenters. The molecule has 37 heavy (non-hydrogen) atoms. The third-order valence-corrected chi connectivity index (χ3v) is 6.64. The Balaban J connectivity index is 1.42. The van der Waals surface area contributed by atoms with Crippen LogP contribution in [0.5, 0.6) is 17.2 Å². The van der Waals surface area contributed by atoms with Gasteiger partial charge in [0.25, 0.3) is 5.91 Å². The summed E-state index contributed by atoms with van der Waals surface area (Å²) in [4.78, 5) is 21.9. The molecule has 192 valence electrons. The Kier molecular flexibility index (Phi) is 6.31. The van der Waals surface area contributed by atoms with Gasteiger partial charge in [-0.05, 0) is 74.0 Å². The second kappa shape index (κ2) is 9.46. The van der Waals surface area contributed by atoms with Gasteiger partial charge in [-0.2, -0.15) is 13.2 Å².